The molecular weight excluding hydrogens is 304 g/mol. The van der Waals surface area contributed by atoms with Crippen LogP contribution in [-0.4, -0.2) is 16.2 Å². The van der Waals surface area contributed by atoms with Crippen molar-refractivity contribution in [1.82, 2.24) is 0 Å². The monoisotopic (exact) mass is 326 g/mol. The molecule has 0 saturated heterocycles. The van der Waals surface area contributed by atoms with Crippen LogP contribution in [0.1, 0.15) is 61.0 Å². The molecule has 0 aliphatic heterocycles. The van der Waals surface area contributed by atoms with Gasteiger partial charge >= 0.3 is 5.97 Å². The van der Waals surface area contributed by atoms with Crippen LogP contribution in [0.2, 0.25) is 0 Å². The van der Waals surface area contributed by atoms with E-state index in [0.717, 1.165) is 11.1 Å². The van der Waals surface area contributed by atoms with E-state index in [9.17, 15) is 9.90 Å². The lowest BCUT2D eigenvalue weighted by atomic mass is 9.93. The molecule has 2 aromatic rings. The maximum absolute atomic E-state index is 10.8. The Morgan fingerprint density at radius 2 is 1.33 bits per heavy atom. The van der Waals surface area contributed by atoms with Crippen molar-refractivity contribution in [1.29, 1.82) is 0 Å². The largest absolute Gasteiger partial charge is 0.507 e. The molecule has 0 aliphatic carbocycles. The summed E-state index contributed by atoms with van der Waals surface area (Å²) in [5.74, 6) is -0.301. The number of aromatic hydroxyl groups is 1. The molecule has 24 heavy (non-hydrogen) atoms. The molecule has 2 aromatic carbocycles. The van der Waals surface area contributed by atoms with Crippen LogP contribution in [0.3, 0.4) is 0 Å². The minimum absolute atomic E-state index is 0.174. The van der Waals surface area contributed by atoms with Crippen LogP contribution < -0.4 is 0 Å². The van der Waals surface area contributed by atoms with Gasteiger partial charge in [-0.3, -0.25) is 0 Å². The summed E-state index contributed by atoms with van der Waals surface area (Å²) in [5.41, 5.74) is 3.14. The maximum Gasteiger partial charge on any atom is 0.335 e. The van der Waals surface area contributed by atoms with E-state index in [0.29, 0.717) is 17.1 Å². The fourth-order valence-electron chi connectivity index (χ4n) is 2.39. The molecule has 0 saturated carbocycles. The zero-order valence-corrected chi connectivity index (χ0v) is 14.3. The van der Waals surface area contributed by atoms with Crippen molar-refractivity contribution in [2.24, 2.45) is 10.2 Å². The summed E-state index contributed by atoms with van der Waals surface area (Å²) in [5, 5.41) is 27.7. The van der Waals surface area contributed by atoms with E-state index in [1.54, 1.807) is 12.1 Å². The highest BCUT2D eigenvalue weighted by atomic mass is 16.4. The van der Waals surface area contributed by atoms with Gasteiger partial charge in [-0.15, -0.1) is 0 Å². The Morgan fingerprint density at radius 1 is 0.875 bits per heavy atom. The first-order valence-corrected chi connectivity index (χ1v) is 7.91. The van der Waals surface area contributed by atoms with Crippen molar-refractivity contribution in [3.63, 3.8) is 0 Å². The molecule has 0 bridgehead atoms. The lowest BCUT2D eigenvalue weighted by Crippen LogP contribution is -1.95. The smallest absolute Gasteiger partial charge is 0.335 e. The number of rotatable bonds is 5. The van der Waals surface area contributed by atoms with Crippen LogP contribution in [-0.2, 0) is 0 Å². The first kappa shape index (κ1) is 17.7. The summed E-state index contributed by atoms with van der Waals surface area (Å²) in [6.45, 7) is 8.07. The van der Waals surface area contributed by atoms with E-state index < -0.39 is 5.97 Å². The van der Waals surface area contributed by atoms with Crippen LogP contribution in [0.4, 0.5) is 11.4 Å². The van der Waals surface area contributed by atoms with Gasteiger partial charge in [0.2, 0.25) is 0 Å². The standard InChI is InChI=1S/C19H22N2O3/c1-11(2)16-9-15(10-17(12(3)4)18(16)22)21-20-14-7-5-13(6-8-14)19(23)24/h5-12,22H,1-4H3,(H,23,24). The second-order valence-corrected chi connectivity index (χ2v) is 6.33. The van der Waals surface area contributed by atoms with Gasteiger partial charge in [0, 0.05) is 0 Å². The number of aromatic carboxylic acids is 1. The van der Waals surface area contributed by atoms with Crippen LogP contribution in [0.5, 0.6) is 5.75 Å². The summed E-state index contributed by atoms with van der Waals surface area (Å²) >= 11 is 0. The highest BCUT2D eigenvalue weighted by Crippen LogP contribution is 2.37. The van der Waals surface area contributed by atoms with Crippen LogP contribution in [0, 0.1) is 0 Å². The molecule has 0 atom stereocenters. The molecule has 0 amide bonds. The second kappa shape index (κ2) is 7.25. The molecule has 2 rings (SSSR count). The Hall–Kier alpha value is -2.69. The summed E-state index contributed by atoms with van der Waals surface area (Å²) in [7, 11) is 0. The number of hydrogen-bond donors (Lipinski definition) is 2. The Labute approximate surface area is 141 Å². The SMILES string of the molecule is CC(C)c1cc(N=Nc2ccc(C(=O)O)cc2)cc(C(C)C)c1O. The fourth-order valence-corrected chi connectivity index (χ4v) is 2.39. The normalized spacial score (nSPS) is 11.6. The van der Waals surface area contributed by atoms with Crippen molar-refractivity contribution in [2.45, 2.75) is 39.5 Å². The number of carboxylic acid groups (broad SMARTS) is 1. The van der Waals surface area contributed by atoms with Gasteiger partial charge in [0.05, 0.1) is 16.9 Å². The number of carbonyl (C=O) groups is 1. The van der Waals surface area contributed by atoms with Gasteiger partial charge in [-0.1, -0.05) is 27.7 Å². The molecule has 0 aromatic heterocycles. The van der Waals surface area contributed by atoms with Crippen molar-refractivity contribution in [3.8, 4) is 5.75 Å². The number of benzene rings is 2. The zero-order chi connectivity index (χ0) is 17.9. The number of phenolic OH excluding ortho intramolecular Hbond substituents is 1. The molecule has 5 heteroatoms. The van der Waals surface area contributed by atoms with Crippen molar-refractivity contribution in [2.75, 3.05) is 0 Å². The number of carboxylic acids is 1. The summed E-state index contributed by atoms with van der Waals surface area (Å²) < 4.78 is 0. The van der Waals surface area contributed by atoms with Gasteiger partial charge in [-0.05, 0) is 59.4 Å². The second-order valence-electron chi connectivity index (χ2n) is 6.33. The molecule has 0 radical (unpaired) electrons. The zero-order valence-electron chi connectivity index (χ0n) is 14.3. The third-order valence-corrected chi connectivity index (χ3v) is 3.79. The summed E-state index contributed by atoms with van der Waals surface area (Å²) in [6.07, 6.45) is 0. The van der Waals surface area contributed by atoms with Gasteiger partial charge in [0.1, 0.15) is 5.75 Å². The van der Waals surface area contributed by atoms with Gasteiger partial charge in [-0.25, -0.2) is 4.79 Å². The molecule has 0 unspecified atom stereocenters. The highest BCUT2D eigenvalue weighted by molar-refractivity contribution is 5.87. The van der Waals surface area contributed by atoms with Gasteiger partial charge in [-0.2, -0.15) is 10.2 Å². The molecular formula is C19H22N2O3. The van der Waals surface area contributed by atoms with Crippen LogP contribution >= 0.6 is 0 Å². The number of hydrogen-bond acceptors (Lipinski definition) is 4. The molecule has 0 fully saturated rings. The van der Waals surface area contributed by atoms with Crippen LogP contribution in [0.15, 0.2) is 46.6 Å². The summed E-state index contributed by atoms with van der Waals surface area (Å²) in [6, 6.07) is 9.88. The van der Waals surface area contributed by atoms with E-state index in [1.807, 2.05) is 39.8 Å². The minimum atomic E-state index is -0.972. The van der Waals surface area contributed by atoms with E-state index in [1.165, 1.54) is 12.1 Å². The predicted octanol–water partition coefficient (Wildman–Crippen LogP) is 5.75. The third-order valence-electron chi connectivity index (χ3n) is 3.79. The Kier molecular flexibility index (Phi) is 5.34. The first-order valence-electron chi connectivity index (χ1n) is 7.91. The van der Waals surface area contributed by atoms with E-state index in [4.69, 9.17) is 5.11 Å². The molecule has 0 aliphatic rings. The molecule has 2 N–H and O–H groups in total. The maximum atomic E-state index is 10.8. The number of nitrogens with zero attached hydrogens (tertiary/aromatic N) is 2. The van der Waals surface area contributed by atoms with Crippen molar-refractivity contribution >= 4 is 17.3 Å². The average Bonchev–Trinajstić information content (AvgIpc) is 2.53. The molecule has 126 valence electrons. The van der Waals surface area contributed by atoms with Crippen LogP contribution in [0.25, 0.3) is 0 Å². The van der Waals surface area contributed by atoms with E-state index in [-0.39, 0.29) is 17.4 Å². The molecule has 0 spiro atoms. The Morgan fingerprint density at radius 3 is 1.75 bits per heavy atom. The Balaban J connectivity index is 2.36. The lowest BCUT2D eigenvalue weighted by molar-refractivity contribution is 0.0697. The van der Waals surface area contributed by atoms with E-state index >= 15 is 0 Å². The minimum Gasteiger partial charge on any atom is -0.507 e. The van der Waals surface area contributed by atoms with Gasteiger partial charge < -0.3 is 10.2 Å². The Bertz CT molecular complexity index is 734. The first-order chi connectivity index (χ1) is 11.3. The quantitative estimate of drug-likeness (QED) is 0.686. The predicted molar refractivity (Wildman–Crippen MR) is 93.9 cm³/mol. The molecule has 5 nitrogen and oxygen atoms in total. The van der Waals surface area contributed by atoms with Crippen molar-refractivity contribution in [3.05, 3.63) is 53.1 Å². The van der Waals surface area contributed by atoms with E-state index in [2.05, 4.69) is 10.2 Å². The number of phenols is 1. The third kappa shape index (κ3) is 3.98. The number of azo groups is 1. The lowest BCUT2D eigenvalue weighted by Gasteiger charge is -2.15. The van der Waals surface area contributed by atoms with Crippen molar-refractivity contribution < 1.29 is 15.0 Å². The molecule has 0 heterocycles. The highest BCUT2D eigenvalue weighted by Gasteiger charge is 2.15. The van der Waals surface area contributed by atoms with Gasteiger partial charge in [0.15, 0.2) is 0 Å². The topological polar surface area (TPSA) is 82.2 Å². The fraction of sp³-hybridized carbons (Fsp3) is 0.316. The average molecular weight is 326 g/mol. The van der Waals surface area contributed by atoms with Gasteiger partial charge in [0.25, 0.3) is 0 Å². The summed E-state index contributed by atoms with van der Waals surface area (Å²) in [4.78, 5) is 10.8.